The van der Waals surface area contributed by atoms with Crippen LogP contribution in [0.25, 0.3) is 10.7 Å². The molecule has 1 unspecified atom stereocenters. The van der Waals surface area contributed by atoms with Crippen molar-refractivity contribution in [2.75, 3.05) is 26.7 Å². The van der Waals surface area contributed by atoms with Gasteiger partial charge in [0.1, 0.15) is 5.75 Å². The summed E-state index contributed by atoms with van der Waals surface area (Å²) in [7, 11) is 1.67. The number of ether oxygens (including phenoxy) is 1. The molecule has 3 heterocycles. The van der Waals surface area contributed by atoms with E-state index in [1.807, 2.05) is 35.7 Å². The molecule has 2 aromatic heterocycles. The molecule has 7 nitrogen and oxygen atoms in total. The van der Waals surface area contributed by atoms with Crippen LogP contribution in [-0.4, -0.2) is 47.7 Å². The molecule has 0 spiro atoms. The van der Waals surface area contributed by atoms with Gasteiger partial charge in [-0.15, -0.1) is 11.3 Å². The molecular formula is C23H28N4O3S. The van der Waals surface area contributed by atoms with Crippen LogP contribution in [0.4, 0.5) is 0 Å². The highest BCUT2D eigenvalue weighted by Gasteiger charge is 2.26. The van der Waals surface area contributed by atoms with Gasteiger partial charge in [-0.25, -0.2) is 0 Å². The van der Waals surface area contributed by atoms with E-state index in [9.17, 15) is 4.79 Å². The molecule has 1 saturated heterocycles. The van der Waals surface area contributed by atoms with Crippen molar-refractivity contribution >= 4 is 17.2 Å². The van der Waals surface area contributed by atoms with Gasteiger partial charge in [0, 0.05) is 13.1 Å². The van der Waals surface area contributed by atoms with Crippen molar-refractivity contribution in [1.82, 2.24) is 20.4 Å². The summed E-state index contributed by atoms with van der Waals surface area (Å²) < 4.78 is 10.7. The lowest BCUT2D eigenvalue weighted by atomic mass is 9.97. The predicted molar refractivity (Wildman–Crippen MR) is 120 cm³/mol. The quantitative estimate of drug-likeness (QED) is 0.510. The number of nitrogens with zero attached hydrogens (tertiary/aromatic N) is 3. The van der Waals surface area contributed by atoms with Gasteiger partial charge in [-0.1, -0.05) is 23.4 Å². The molecule has 0 saturated carbocycles. The Balaban J connectivity index is 1.21. The minimum Gasteiger partial charge on any atom is -0.497 e. The molecule has 0 aliphatic carbocycles. The van der Waals surface area contributed by atoms with E-state index >= 15 is 0 Å². The second-order valence-corrected chi connectivity index (χ2v) is 8.76. The topological polar surface area (TPSA) is 80.5 Å². The van der Waals surface area contributed by atoms with Crippen molar-refractivity contribution in [3.63, 3.8) is 0 Å². The summed E-state index contributed by atoms with van der Waals surface area (Å²) >= 11 is 1.59. The number of aromatic nitrogens is 2. The Morgan fingerprint density at radius 1 is 1.35 bits per heavy atom. The third-order valence-corrected chi connectivity index (χ3v) is 6.39. The van der Waals surface area contributed by atoms with Crippen LogP contribution < -0.4 is 10.1 Å². The summed E-state index contributed by atoms with van der Waals surface area (Å²) in [6.45, 7) is 2.92. The first-order valence-corrected chi connectivity index (χ1v) is 11.6. The lowest BCUT2D eigenvalue weighted by Gasteiger charge is -2.30. The van der Waals surface area contributed by atoms with Gasteiger partial charge >= 0.3 is 0 Å². The van der Waals surface area contributed by atoms with Crippen LogP contribution in [0.2, 0.25) is 0 Å². The Morgan fingerprint density at radius 2 is 2.29 bits per heavy atom. The Morgan fingerprint density at radius 3 is 3.13 bits per heavy atom. The number of rotatable bonds is 9. The van der Waals surface area contributed by atoms with Crippen molar-refractivity contribution < 1.29 is 14.1 Å². The second kappa shape index (κ2) is 10.5. The zero-order valence-corrected chi connectivity index (χ0v) is 18.6. The van der Waals surface area contributed by atoms with E-state index in [2.05, 4.69) is 26.4 Å². The Hall–Kier alpha value is -2.71. The summed E-state index contributed by atoms with van der Waals surface area (Å²) in [5.74, 6) is 2.24. The smallest absolute Gasteiger partial charge is 0.241 e. The van der Waals surface area contributed by atoms with E-state index < -0.39 is 0 Å². The maximum atomic E-state index is 12.7. The molecule has 4 rings (SSSR count). The molecule has 0 bridgehead atoms. The SMILES string of the molecule is COc1cccc(CCCNC(=O)C2CCCN(Cc3nc(-c4cccs4)no3)C2)c1. The summed E-state index contributed by atoms with van der Waals surface area (Å²) in [6.07, 6.45) is 3.73. The third-order valence-electron chi connectivity index (χ3n) is 5.52. The Bertz CT molecular complexity index is 973. The molecule has 0 radical (unpaired) electrons. The predicted octanol–water partition coefficient (Wildman–Crippen LogP) is 3.77. The molecule has 1 atom stereocenters. The van der Waals surface area contributed by atoms with Crippen LogP contribution in [-0.2, 0) is 17.8 Å². The standard InChI is InChI=1S/C23H28N4O3S/c1-29-19-9-2-6-17(14-19)7-3-11-24-23(28)18-8-4-12-27(15-18)16-21-25-22(26-30-21)20-10-5-13-31-20/h2,5-6,9-10,13-14,18H,3-4,7-8,11-12,15-16H2,1H3,(H,24,28). The first-order valence-electron chi connectivity index (χ1n) is 10.7. The van der Waals surface area contributed by atoms with Crippen LogP contribution in [0.3, 0.4) is 0 Å². The fraction of sp³-hybridized carbons (Fsp3) is 0.435. The van der Waals surface area contributed by atoms with Gasteiger partial charge in [0.05, 0.1) is 24.4 Å². The van der Waals surface area contributed by atoms with Crippen LogP contribution in [0.15, 0.2) is 46.3 Å². The fourth-order valence-corrected chi connectivity index (χ4v) is 4.56. The molecule has 1 amide bonds. The number of nitrogens with one attached hydrogen (secondary N) is 1. The summed E-state index contributed by atoms with van der Waals surface area (Å²) in [6, 6.07) is 12.0. The van der Waals surface area contributed by atoms with Crippen molar-refractivity contribution in [3.05, 3.63) is 53.2 Å². The van der Waals surface area contributed by atoms with Gasteiger partial charge < -0.3 is 14.6 Å². The molecule has 31 heavy (non-hydrogen) atoms. The van der Waals surface area contributed by atoms with E-state index in [1.54, 1.807) is 18.4 Å². The Labute approximate surface area is 186 Å². The second-order valence-electron chi connectivity index (χ2n) is 7.81. The number of hydrogen-bond acceptors (Lipinski definition) is 7. The number of carbonyl (C=O) groups excluding carboxylic acids is 1. The van der Waals surface area contributed by atoms with Gasteiger partial charge in [0.2, 0.25) is 17.6 Å². The number of aryl methyl sites for hydroxylation is 1. The third kappa shape index (κ3) is 5.92. The zero-order valence-electron chi connectivity index (χ0n) is 17.8. The molecule has 164 valence electrons. The number of likely N-dealkylation sites (tertiary alicyclic amines) is 1. The summed E-state index contributed by atoms with van der Waals surface area (Å²) in [4.78, 5) is 20.4. The number of piperidine rings is 1. The minimum absolute atomic E-state index is 0.00487. The average molecular weight is 441 g/mol. The number of carbonyl (C=O) groups is 1. The minimum atomic E-state index is 0.00487. The maximum Gasteiger partial charge on any atom is 0.241 e. The summed E-state index contributed by atoms with van der Waals surface area (Å²) in [5, 5.41) is 9.18. The first kappa shape index (κ1) is 21.5. The molecule has 1 aliphatic heterocycles. The normalized spacial score (nSPS) is 16.9. The molecule has 1 aromatic carbocycles. The highest BCUT2D eigenvalue weighted by molar-refractivity contribution is 7.13. The number of methoxy groups -OCH3 is 1. The van der Waals surface area contributed by atoms with Crippen LogP contribution in [0.5, 0.6) is 5.75 Å². The van der Waals surface area contributed by atoms with Gasteiger partial charge in [-0.3, -0.25) is 9.69 Å². The van der Waals surface area contributed by atoms with E-state index in [1.165, 1.54) is 5.56 Å². The van der Waals surface area contributed by atoms with Crippen molar-refractivity contribution in [2.24, 2.45) is 5.92 Å². The number of hydrogen-bond donors (Lipinski definition) is 1. The number of benzene rings is 1. The lowest BCUT2D eigenvalue weighted by molar-refractivity contribution is -0.126. The zero-order chi connectivity index (χ0) is 21.5. The van der Waals surface area contributed by atoms with Crippen molar-refractivity contribution in [3.8, 4) is 16.5 Å². The Kier molecular flexibility index (Phi) is 7.32. The van der Waals surface area contributed by atoms with E-state index in [0.29, 0.717) is 24.8 Å². The van der Waals surface area contributed by atoms with E-state index in [-0.39, 0.29) is 11.8 Å². The largest absolute Gasteiger partial charge is 0.497 e. The van der Waals surface area contributed by atoms with Crippen LogP contribution >= 0.6 is 11.3 Å². The molecule has 1 aliphatic rings. The first-order chi connectivity index (χ1) is 15.2. The maximum absolute atomic E-state index is 12.7. The molecule has 3 aromatic rings. The highest BCUT2D eigenvalue weighted by atomic mass is 32.1. The molecular weight excluding hydrogens is 412 g/mol. The average Bonchev–Trinajstić information content (AvgIpc) is 3.49. The van der Waals surface area contributed by atoms with Crippen molar-refractivity contribution in [1.29, 1.82) is 0 Å². The van der Waals surface area contributed by atoms with E-state index in [4.69, 9.17) is 9.26 Å². The lowest BCUT2D eigenvalue weighted by Crippen LogP contribution is -2.43. The number of thiophene rings is 1. The molecule has 1 N–H and O–H groups in total. The van der Waals surface area contributed by atoms with Crippen molar-refractivity contribution in [2.45, 2.75) is 32.2 Å². The highest BCUT2D eigenvalue weighted by Crippen LogP contribution is 2.23. The molecule has 8 heteroatoms. The van der Waals surface area contributed by atoms with Gasteiger partial charge in [-0.2, -0.15) is 4.98 Å². The van der Waals surface area contributed by atoms with E-state index in [0.717, 1.165) is 49.4 Å². The van der Waals surface area contributed by atoms with Gasteiger partial charge in [0.15, 0.2) is 0 Å². The fourth-order valence-electron chi connectivity index (χ4n) is 3.91. The van der Waals surface area contributed by atoms with Gasteiger partial charge in [-0.05, 0) is 61.4 Å². The molecule has 1 fully saturated rings. The number of amides is 1. The monoisotopic (exact) mass is 440 g/mol. The van der Waals surface area contributed by atoms with Crippen LogP contribution in [0.1, 0.15) is 30.7 Å². The summed E-state index contributed by atoms with van der Waals surface area (Å²) in [5.41, 5.74) is 1.22. The van der Waals surface area contributed by atoms with Gasteiger partial charge in [0.25, 0.3) is 0 Å². The van der Waals surface area contributed by atoms with Crippen LogP contribution in [0, 0.1) is 5.92 Å².